The molecule has 28 heavy (non-hydrogen) atoms. The van der Waals surface area contributed by atoms with E-state index >= 15 is 0 Å². The third kappa shape index (κ3) is 19.5. The molecular weight excluding hydrogens is 366 g/mol. The van der Waals surface area contributed by atoms with Crippen molar-refractivity contribution < 1.29 is 10.2 Å². The van der Waals surface area contributed by atoms with Crippen LogP contribution in [0.4, 0.5) is 0 Å². The highest BCUT2D eigenvalue weighted by Crippen LogP contribution is 2.12. The van der Waals surface area contributed by atoms with E-state index in [1.54, 1.807) is 0 Å². The Labute approximate surface area is 182 Å². The summed E-state index contributed by atoms with van der Waals surface area (Å²) < 4.78 is 0. The van der Waals surface area contributed by atoms with Crippen molar-refractivity contribution in [3.05, 3.63) is 0 Å². The van der Waals surface area contributed by atoms with Crippen molar-refractivity contribution in [1.29, 1.82) is 0 Å². The Morgan fingerprint density at radius 2 is 1.04 bits per heavy atom. The molecule has 0 saturated carbocycles. The first-order chi connectivity index (χ1) is 13.6. The summed E-state index contributed by atoms with van der Waals surface area (Å²) >= 11 is 4.31. The maximum absolute atomic E-state index is 10.4. The SMILES string of the molecule is CCCCCCCCC(O)CN(CCCCS)CC(O)CCCCCCCC. The predicted molar refractivity (Wildman–Crippen MR) is 128 cm³/mol. The summed E-state index contributed by atoms with van der Waals surface area (Å²) in [5.74, 6) is 0.911. The van der Waals surface area contributed by atoms with Crippen LogP contribution in [0.25, 0.3) is 0 Å². The predicted octanol–water partition coefficient (Wildman–Crippen LogP) is 6.22. The van der Waals surface area contributed by atoms with Gasteiger partial charge in [-0.25, -0.2) is 0 Å². The number of hydrogen-bond donors (Lipinski definition) is 3. The van der Waals surface area contributed by atoms with Gasteiger partial charge in [-0.15, -0.1) is 0 Å². The van der Waals surface area contributed by atoms with Crippen LogP contribution in [0, 0.1) is 0 Å². The zero-order valence-electron chi connectivity index (χ0n) is 19.1. The second-order valence-corrected chi connectivity index (χ2v) is 9.06. The van der Waals surface area contributed by atoms with Crippen LogP contribution in [0.15, 0.2) is 0 Å². The monoisotopic (exact) mass is 417 g/mol. The molecule has 0 radical (unpaired) electrons. The molecule has 2 unspecified atom stereocenters. The van der Waals surface area contributed by atoms with E-state index in [9.17, 15) is 10.2 Å². The van der Waals surface area contributed by atoms with Gasteiger partial charge < -0.3 is 10.2 Å². The molecule has 2 atom stereocenters. The molecule has 0 aliphatic carbocycles. The molecule has 2 N–H and O–H groups in total. The van der Waals surface area contributed by atoms with Crippen LogP contribution < -0.4 is 0 Å². The van der Waals surface area contributed by atoms with Crippen LogP contribution in [-0.2, 0) is 0 Å². The smallest absolute Gasteiger partial charge is 0.0667 e. The molecule has 0 rings (SSSR count). The minimum absolute atomic E-state index is 0.261. The van der Waals surface area contributed by atoms with Gasteiger partial charge in [0.25, 0.3) is 0 Å². The van der Waals surface area contributed by atoms with E-state index in [1.165, 1.54) is 64.2 Å². The van der Waals surface area contributed by atoms with Crippen LogP contribution in [-0.4, -0.2) is 52.7 Å². The van der Waals surface area contributed by atoms with Gasteiger partial charge in [-0.2, -0.15) is 12.6 Å². The average molecular weight is 418 g/mol. The first kappa shape index (κ1) is 28.2. The van der Waals surface area contributed by atoms with Crippen LogP contribution >= 0.6 is 12.6 Å². The summed E-state index contributed by atoms with van der Waals surface area (Å²) in [5.41, 5.74) is 0. The lowest BCUT2D eigenvalue weighted by molar-refractivity contribution is 0.0599. The topological polar surface area (TPSA) is 43.7 Å². The zero-order valence-corrected chi connectivity index (χ0v) is 20.0. The van der Waals surface area contributed by atoms with E-state index in [2.05, 4.69) is 31.4 Å². The highest BCUT2D eigenvalue weighted by molar-refractivity contribution is 7.80. The second-order valence-electron chi connectivity index (χ2n) is 8.61. The first-order valence-corrected chi connectivity index (χ1v) is 13.0. The Bertz CT molecular complexity index is 280. The van der Waals surface area contributed by atoms with Crippen molar-refractivity contribution in [1.82, 2.24) is 4.90 Å². The van der Waals surface area contributed by atoms with E-state index in [0.29, 0.717) is 13.1 Å². The standard InChI is InChI=1S/C24H51NO2S/c1-3-5-7-9-11-13-17-23(26)21-25(19-15-16-20-28)22-24(27)18-14-12-10-8-6-4-2/h23-24,26-28H,3-22H2,1-2H3. The minimum atomic E-state index is -0.261. The van der Waals surface area contributed by atoms with Gasteiger partial charge in [-0.3, -0.25) is 4.90 Å². The van der Waals surface area contributed by atoms with Gasteiger partial charge in [0.05, 0.1) is 12.2 Å². The van der Waals surface area contributed by atoms with E-state index < -0.39 is 0 Å². The highest BCUT2D eigenvalue weighted by Gasteiger charge is 2.15. The summed E-state index contributed by atoms with van der Waals surface area (Å²) in [6.07, 6.45) is 18.6. The Kier molecular flexibility index (Phi) is 22.1. The summed E-state index contributed by atoms with van der Waals surface area (Å²) in [4.78, 5) is 2.28. The van der Waals surface area contributed by atoms with Crippen molar-refractivity contribution >= 4 is 12.6 Å². The van der Waals surface area contributed by atoms with Gasteiger partial charge >= 0.3 is 0 Å². The number of thiol groups is 1. The van der Waals surface area contributed by atoms with Crippen LogP contribution in [0.1, 0.15) is 117 Å². The lowest BCUT2D eigenvalue weighted by atomic mass is 10.1. The number of rotatable bonds is 22. The second kappa shape index (κ2) is 21.9. The maximum Gasteiger partial charge on any atom is 0.0667 e. The molecule has 0 amide bonds. The average Bonchev–Trinajstić information content (AvgIpc) is 2.67. The summed E-state index contributed by atoms with van der Waals surface area (Å²) in [7, 11) is 0. The molecule has 0 aliphatic rings. The van der Waals surface area contributed by atoms with Crippen molar-refractivity contribution in [2.75, 3.05) is 25.4 Å². The summed E-state index contributed by atoms with van der Waals surface area (Å²) in [5, 5.41) is 20.9. The highest BCUT2D eigenvalue weighted by atomic mass is 32.1. The molecule has 0 aliphatic heterocycles. The van der Waals surface area contributed by atoms with Gasteiger partial charge in [-0.1, -0.05) is 90.9 Å². The number of aliphatic hydroxyl groups excluding tert-OH is 2. The van der Waals surface area contributed by atoms with Crippen LogP contribution in [0.5, 0.6) is 0 Å². The van der Waals surface area contributed by atoms with Crippen molar-refractivity contribution in [2.45, 2.75) is 129 Å². The van der Waals surface area contributed by atoms with E-state index in [4.69, 9.17) is 0 Å². The molecule has 0 heterocycles. The van der Waals surface area contributed by atoms with E-state index in [1.807, 2.05) is 0 Å². The van der Waals surface area contributed by atoms with Crippen molar-refractivity contribution in [3.63, 3.8) is 0 Å². The van der Waals surface area contributed by atoms with Gasteiger partial charge in [0.1, 0.15) is 0 Å². The Hall–Kier alpha value is 0.230. The Balaban J connectivity index is 4.04. The molecule has 0 saturated heterocycles. The molecule has 170 valence electrons. The lowest BCUT2D eigenvalue weighted by Crippen LogP contribution is -2.38. The Morgan fingerprint density at radius 3 is 1.46 bits per heavy atom. The lowest BCUT2D eigenvalue weighted by Gasteiger charge is -2.27. The summed E-state index contributed by atoms with van der Waals surface area (Å²) in [6, 6.07) is 0. The van der Waals surface area contributed by atoms with Gasteiger partial charge in [0.15, 0.2) is 0 Å². The molecule has 3 nitrogen and oxygen atoms in total. The van der Waals surface area contributed by atoms with Gasteiger partial charge in [-0.05, 0) is 38.0 Å². The molecule has 0 bridgehead atoms. The molecule has 0 aromatic carbocycles. The quantitative estimate of drug-likeness (QED) is 0.145. The molecule has 0 aromatic heterocycles. The first-order valence-electron chi connectivity index (χ1n) is 12.3. The maximum atomic E-state index is 10.4. The number of nitrogens with zero attached hydrogens (tertiary/aromatic N) is 1. The number of aliphatic hydroxyl groups is 2. The Morgan fingerprint density at radius 1 is 0.607 bits per heavy atom. The third-order valence-corrected chi connectivity index (χ3v) is 5.92. The fraction of sp³-hybridized carbons (Fsp3) is 1.00. The third-order valence-electron chi connectivity index (χ3n) is 5.60. The van der Waals surface area contributed by atoms with E-state index in [-0.39, 0.29) is 12.2 Å². The molecular formula is C24H51NO2S. The zero-order chi connectivity index (χ0) is 20.9. The van der Waals surface area contributed by atoms with Gasteiger partial charge in [0.2, 0.25) is 0 Å². The fourth-order valence-electron chi connectivity index (χ4n) is 3.80. The molecule has 0 spiro atoms. The minimum Gasteiger partial charge on any atom is -0.392 e. The number of unbranched alkanes of at least 4 members (excludes halogenated alkanes) is 11. The van der Waals surface area contributed by atoms with Crippen molar-refractivity contribution in [3.8, 4) is 0 Å². The molecule has 0 fully saturated rings. The van der Waals surface area contributed by atoms with Crippen molar-refractivity contribution in [2.24, 2.45) is 0 Å². The summed E-state index contributed by atoms with van der Waals surface area (Å²) in [6.45, 7) is 6.85. The van der Waals surface area contributed by atoms with Gasteiger partial charge in [0, 0.05) is 13.1 Å². The largest absolute Gasteiger partial charge is 0.392 e. The normalized spacial score (nSPS) is 13.9. The number of hydrogen-bond acceptors (Lipinski definition) is 4. The van der Waals surface area contributed by atoms with Crippen LogP contribution in [0.2, 0.25) is 0 Å². The van der Waals surface area contributed by atoms with E-state index in [0.717, 1.165) is 50.8 Å². The fourth-order valence-corrected chi connectivity index (χ4v) is 4.03. The molecule has 4 heteroatoms. The van der Waals surface area contributed by atoms with Crippen LogP contribution in [0.3, 0.4) is 0 Å². The molecule has 0 aromatic rings.